The molecule has 3 aromatic heterocycles. The SMILES string of the molecule is CC(=O)Nc1ccc(-c2nnc(-c3ccccc3)o2)cc1Nc1nc2c(c(CN)cn2C)c(=O)[nH]1. The van der Waals surface area contributed by atoms with Gasteiger partial charge in [-0.3, -0.25) is 14.6 Å². The van der Waals surface area contributed by atoms with E-state index in [1.807, 2.05) is 30.3 Å². The van der Waals surface area contributed by atoms with Gasteiger partial charge in [0.05, 0.1) is 16.8 Å². The van der Waals surface area contributed by atoms with Crippen LogP contribution in [0.2, 0.25) is 0 Å². The number of aromatic amines is 1. The Balaban J connectivity index is 1.55. The highest BCUT2D eigenvalue weighted by Crippen LogP contribution is 2.31. The highest BCUT2D eigenvalue weighted by Gasteiger charge is 2.16. The van der Waals surface area contributed by atoms with Crippen molar-refractivity contribution in [3.05, 3.63) is 70.6 Å². The molecule has 11 heteroatoms. The average molecular weight is 470 g/mol. The van der Waals surface area contributed by atoms with E-state index in [-0.39, 0.29) is 24.0 Å². The molecule has 0 aliphatic carbocycles. The molecular formula is C24H22N8O3. The van der Waals surface area contributed by atoms with Gasteiger partial charge in [-0.25, -0.2) is 0 Å². The smallest absolute Gasteiger partial charge is 0.262 e. The zero-order valence-corrected chi connectivity index (χ0v) is 19.0. The number of fused-ring (bicyclic) bond motifs is 1. The van der Waals surface area contributed by atoms with E-state index in [0.29, 0.717) is 45.3 Å². The summed E-state index contributed by atoms with van der Waals surface area (Å²) >= 11 is 0. The first-order chi connectivity index (χ1) is 16.9. The Morgan fingerprint density at radius 3 is 2.54 bits per heavy atom. The summed E-state index contributed by atoms with van der Waals surface area (Å²) in [7, 11) is 1.79. The van der Waals surface area contributed by atoms with Crippen LogP contribution in [0, 0.1) is 0 Å². The first-order valence-electron chi connectivity index (χ1n) is 10.8. The van der Waals surface area contributed by atoms with E-state index in [0.717, 1.165) is 5.56 Å². The van der Waals surface area contributed by atoms with Gasteiger partial charge in [-0.1, -0.05) is 18.2 Å². The number of carbonyl (C=O) groups is 1. The Morgan fingerprint density at radius 2 is 1.83 bits per heavy atom. The van der Waals surface area contributed by atoms with Crippen LogP contribution in [-0.2, 0) is 18.4 Å². The molecule has 0 radical (unpaired) electrons. The van der Waals surface area contributed by atoms with Gasteiger partial charge in [-0.15, -0.1) is 10.2 Å². The molecule has 0 spiro atoms. The fraction of sp³-hybridized carbons (Fsp3) is 0.125. The minimum Gasteiger partial charge on any atom is -0.416 e. The molecule has 35 heavy (non-hydrogen) atoms. The normalized spacial score (nSPS) is 11.1. The Labute approximate surface area is 199 Å². The van der Waals surface area contributed by atoms with Gasteiger partial charge in [-0.05, 0) is 35.9 Å². The molecule has 0 aliphatic rings. The number of rotatable bonds is 6. The third-order valence-corrected chi connectivity index (χ3v) is 5.40. The zero-order valence-electron chi connectivity index (χ0n) is 19.0. The summed E-state index contributed by atoms with van der Waals surface area (Å²) < 4.78 is 7.61. The fourth-order valence-corrected chi connectivity index (χ4v) is 3.82. The second kappa shape index (κ2) is 8.88. The maximum atomic E-state index is 12.8. The minimum absolute atomic E-state index is 0.200. The van der Waals surface area contributed by atoms with Crippen LogP contribution in [0.15, 0.2) is 63.9 Å². The lowest BCUT2D eigenvalue weighted by Gasteiger charge is -2.13. The summed E-state index contributed by atoms with van der Waals surface area (Å²) in [6.07, 6.45) is 1.78. The number of carbonyl (C=O) groups excluding carboxylic acids is 1. The van der Waals surface area contributed by atoms with E-state index in [2.05, 4.69) is 30.8 Å². The fourth-order valence-electron chi connectivity index (χ4n) is 3.82. The van der Waals surface area contributed by atoms with Gasteiger partial charge in [0.1, 0.15) is 5.65 Å². The summed E-state index contributed by atoms with van der Waals surface area (Å²) in [6.45, 7) is 1.63. The third kappa shape index (κ3) is 4.27. The maximum Gasteiger partial charge on any atom is 0.262 e. The van der Waals surface area contributed by atoms with Crippen molar-refractivity contribution in [2.75, 3.05) is 10.6 Å². The number of hydrogen-bond donors (Lipinski definition) is 4. The van der Waals surface area contributed by atoms with Crippen molar-refractivity contribution >= 4 is 34.3 Å². The van der Waals surface area contributed by atoms with E-state index >= 15 is 0 Å². The number of nitrogens with zero attached hydrogens (tertiary/aromatic N) is 4. The van der Waals surface area contributed by atoms with E-state index in [9.17, 15) is 9.59 Å². The molecule has 0 unspecified atom stereocenters. The quantitative estimate of drug-likeness (QED) is 0.295. The number of hydrogen-bond acceptors (Lipinski definition) is 8. The number of aromatic nitrogens is 5. The van der Waals surface area contributed by atoms with Gasteiger partial charge in [0.2, 0.25) is 23.6 Å². The lowest BCUT2D eigenvalue weighted by molar-refractivity contribution is -0.114. The van der Waals surface area contributed by atoms with E-state index < -0.39 is 0 Å². The Hall–Kier alpha value is -4.77. The molecule has 0 fully saturated rings. The molecule has 0 atom stereocenters. The molecule has 0 bridgehead atoms. The molecular weight excluding hydrogens is 448 g/mol. The Bertz CT molecular complexity index is 1600. The van der Waals surface area contributed by atoms with Gasteiger partial charge in [0.25, 0.3) is 5.56 Å². The molecule has 0 aliphatic heterocycles. The number of anilines is 3. The molecule has 0 saturated heterocycles. The van der Waals surface area contributed by atoms with Crippen molar-refractivity contribution in [3.8, 4) is 22.9 Å². The van der Waals surface area contributed by atoms with Crippen LogP contribution < -0.4 is 21.9 Å². The van der Waals surface area contributed by atoms with Gasteiger partial charge in [0.15, 0.2) is 0 Å². The van der Waals surface area contributed by atoms with Gasteiger partial charge < -0.3 is 25.4 Å². The van der Waals surface area contributed by atoms with Crippen molar-refractivity contribution in [2.45, 2.75) is 13.5 Å². The second-order valence-corrected chi connectivity index (χ2v) is 7.93. The molecule has 1 amide bonds. The lowest BCUT2D eigenvalue weighted by atomic mass is 10.1. The average Bonchev–Trinajstić information content (AvgIpc) is 3.46. The highest BCUT2D eigenvalue weighted by molar-refractivity contribution is 5.94. The molecule has 0 saturated carbocycles. The van der Waals surface area contributed by atoms with Crippen LogP contribution >= 0.6 is 0 Å². The predicted molar refractivity (Wildman–Crippen MR) is 132 cm³/mol. The van der Waals surface area contributed by atoms with Crippen LogP contribution in [0.1, 0.15) is 12.5 Å². The van der Waals surface area contributed by atoms with Gasteiger partial charge in [0, 0.05) is 37.8 Å². The first-order valence-corrected chi connectivity index (χ1v) is 10.8. The summed E-state index contributed by atoms with van der Waals surface area (Å²) in [5.41, 5.74) is 9.02. The molecule has 11 nitrogen and oxygen atoms in total. The van der Waals surface area contributed by atoms with Crippen LogP contribution in [0.3, 0.4) is 0 Å². The van der Waals surface area contributed by atoms with Crippen molar-refractivity contribution < 1.29 is 9.21 Å². The number of nitrogens with one attached hydrogen (secondary N) is 3. The molecule has 2 aromatic carbocycles. The number of aryl methyl sites for hydroxylation is 1. The standard InChI is InChI=1S/C24H22N8O3/c1-13(33)26-17-9-8-15(23-31-30-22(35-23)14-6-4-3-5-7-14)10-18(17)27-24-28-20-19(21(34)29-24)16(11-25)12-32(20)2/h3-10,12H,11,25H2,1-2H3,(H,26,33)(H2,27,28,29,34). The number of benzene rings is 2. The summed E-state index contributed by atoms with van der Waals surface area (Å²) in [6, 6.07) is 14.6. The highest BCUT2D eigenvalue weighted by atomic mass is 16.4. The van der Waals surface area contributed by atoms with Crippen molar-refractivity contribution in [1.82, 2.24) is 24.7 Å². The summed E-state index contributed by atoms with van der Waals surface area (Å²) in [4.78, 5) is 31.8. The maximum absolute atomic E-state index is 12.8. The summed E-state index contributed by atoms with van der Waals surface area (Å²) in [5.74, 6) is 0.633. The monoisotopic (exact) mass is 470 g/mol. The molecule has 176 valence electrons. The van der Waals surface area contributed by atoms with Crippen LogP contribution in [0.5, 0.6) is 0 Å². The second-order valence-electron chi connectivity index (χ2n) is 7.93. The van der Waals surface area contributed by atoms with E-state index in [1.54, 1.807) is 36.0 Å². The topological polar surface area (TPSA) is 157 Å². The van der Waals surface area contributed by atoms with Crippen LogP contribution in [0.4, 0.5) is 17.3 Å². The van der Waals surface area contributed by atoms with Crippen molar-refractivity contribution in [1.29, 1.82) is 0 Å². The Morgan fingerprint density at radius 1 is 1.09 bits per heavy atom. The van der Waals surface area contributed by atoms with Crippen molar-refractivity contribution in [3.63, 3.8) is 0 Å². The lowest BCUT2D eigenvalue weighted by Crippen LogP contribution is -2.14. The van der Waals surface area contributed by atoms with Gasteiger partial charge >= 0.3 is 0 Å². The Kier molecular flexibility index (Phi) is 5.59. The molecule has 5 aromatic rings. The largest absolute Gasteiger partial charge is 0.416 e. The summed E-state index contributed by atoms with van der Waals surface area (Å²) in [5, 5.41) is 14.6. The van der Waals surface area contributed by atoms with E-state index in [4.69, 9.17) is 10.2 Å². The number of H-pyrrole nitrogens is 1. The zero-order chi connectivity index (χ0) is 24.5. The molecule has 5 N–H and O–H groups in total. The predicted octanol–water partition coefficient (Wildman–Crippen LogP) is 3.14. The number of amides is 1. The van der Waals surface area contributed by atoms with Crippen molar-refractivity contribution in [2.24, 2.45) is 12.8 Å². The number of nitrogens with two attached hydrogens (primary N) is 1. The minimum atomic E-state index is -0.319. The molecule has 5 rings (SSSR count). The first kappa shape index (κ1) is 22.0. The van der Waals surface area contributed by atoms with Gasteiger partial charge in [-0.2, -0.15) is 4.98 Å². The molecule has 3 heterocycles. The van der Waals surface area contributed by atoms with Crippen LogP contribution in [0.25, 0.3) is 33.9 Å². The third-order valence-electron chi connectivity index (χ3n) is 5.40. The van der Waals surface area contributed by atoms with Crippen LogP contribution in [-0.4, -0.2) is 30.6 Å². The van der Waals surface area contributed by atoms with E-state index in [1.165, 1.54) is 6.92 Å².